The highest BCUT2D eigenvalue weighted by atomic mass is 32.1. The highest BCUT2D eigenvalue weighted by Gasteiger charge is 2.41. The highest BCUT2D eigenvalue weighted by molar-refractivity contribution is 7.17. The lowest BCUT2D eigenvalue weighted by atomic mass is 9.72. The zero-order valence-corrected chi connectivity index (χ0v) is 37.0. The fourth-order valence-electron chi connectivity index (χ4n) is 8.40. The van der Waals surface area contributed by atoms with Crippen LogP contribution in [0.5, 0.6) is 0 Å². The largest absolute Gasteiger partial charge is 0.374 e. The molecule has 324 valence electrons. The maximum atomic E-state index is 14.4. The average Bonchev–Trinajstić information content (AvgIpc) is 3.82. The number of halogens is 3. The van der Waals surface area contributed by atoms with Gasteiger partial charge in [-0.05, 0) is 131 Å². The standard InChI is InChI=1S/C28H20F3N3O3S.C20H33N.C2H6/c1-15(35)32-19-8-5-16(6-9-19)28(37)34-12-11-17-13-24(27(36)33-25-21(30)3-2-4-22(25)31)38-26(17)20-10-7-18(29)14-23(20)34;1-5-7-14-20(13-6-2)15-21(16-20)18(4)11-12-19-10-8-9-17(19)3;1-2/h2-10,13-14H,11-12H2,1H3,(H,32,35)(H,33,36);5H,1,4,6-16H2,2-3H3;1-2H3. The first-order valence-corrected chi connectivity index (χ1v) is 22.2. The summed E-state index contributed by atoms with van der Waals surface area (Å²) in [5.41, 5.74) is 7.29. The van der Waals surface area contributed by atoms with Crippen LogP contribution in [0.15, 0.2) is 103 Å². The fourth-order valence-corrected chi connectivity index (χ4v) is 9.54. The minimum atomic E-state index is -0.892. The minimum absolute atomic E-state index is 0.204. The Labute approximate surface area is 363 Å². The number of carbonyl (C=O) groups is 3. The summed E-state index contributed by atoms with van der Waals surface area (Å²) < 4.78 is 42.4. The van der Waals surface area contributed by atoms with E-state index in [0.29, 0.717) is 39.2 Å². The summed E-state index contributed by atoms with van der Waals surface area (Å²) >= 11 is 1.10. The summed E-state index contributed by atoms with van der Waals surface area (Å²) in [5, 5.41) is 4.93. The summed E-state index contributed by atoms with van der Waals surface area (Å²) in [6.07, 6.45) is 14.0. The Morgan fingerprint density at radius 3 is 2.25 bits per heavy atom. The Hall–Kier alpha value is -5.42. The maximum Gasteiger partial charge on any atom is 0.265 e. The van der Waals surface area contributed by atoms with Crippen molar-refractivity contribution in [2.24, 2.45) is 5.41 Å². The molecule has 0 saturated carbocycles. The zero-order chi connectivity index (χ0) is 44.3. The van der Waals surface area contributed by atoms with Crippen molar-refractivity contribution in [1.29, 1.82) is 0 Å². The summed E-state index contributed by atoms with van der Waals surface area (Å²) in [5.74, 6) is -3.58. The van der Waals surface area contributed by atoms with E-state index in [-0.39, 0.29) is 23.2 Å². The van der Waals surface area contributed by atoms with Gasteiger partial charge in [0.05, 0.1) is 10.6 Å². The second-order valence-corrected chi connectivity index (χ2v) is 16.9. The molecule has 1 saturated heterocycles. The first-order valence-electron chi connectivity index (χ1n) is 21.4. The van der Waals surface area contributed by atoms with Crippen LogP contribution in [0.1, 0.15) is 118 Å². The van der Waals surface area contributed by atoms with Crippen LogP contribution in [0.25, 0.3) is 10.4 Å². The predicted molar refractivity (Wildman–Crippen MR) is 245 cm³/mol. The van der Waals surface area contributed by atoms with Crippen LogP contribution in [-0.4, -0.2) is 42.3 Å². The van der Waals surface area contributed by atoms with Crippen LogP contribution in [0, 0.1) is 22.9 Å². The molecule has 3 heterocycles. The van der Waals surface area contributed by atoms with Gasteiger partial charge in [0.15, 0.2) is 0 Å². The first kappa shape index (κ1) is 46.6. The van der Waals surface area contributed by atoms with E-state index in [1.54, 1.807) is 47.5 Å². The number of nitrogens with zero attached hydrogens (tertiary/aromatic N) is 2. The number of amides is 3. The molecule has 0 unspecified atom stereocenters. The molecule has 11 heteroatoms. The SMILES string of the molecule is C=CCCC1(CCC)CN(C(=C)CCC2=C(C)CCC2)C1.CC.CC(=O)Nc1ccc(C(=O)N2CCc3cc(C(=O)Nc4c(F)cccc4F)sc3-c3ccc(F)cc32)cc1. The number of nitrogens with one attached hydrogen (secondary N) is 2. The van der Waals surface area contributed by atoms with Crippen LogP contribution >= 0.6 is 11.3 Å². The lowest BCUT2D eigenvalue weighted by Gasteiger charge is -2.53. The summed E-state index contributed by atoms with van der Waals surface area (Å²) in [7, 11) is 0. The number of likely N-dealkylation sites (tertiary alicyclic amines) is 1. The smallest absolute Gasteiger partial charge is 0.265 e. The van der Waals surface area contributed by atoms with Crippen molar-refractivity contribution >= 4 is 46.1 Å². The van der Waals surface area contributed by atoms with Gasteiger partial charge in [0.25, 0.3) is 11.8 Å². The molecule has 7 rings (SSSR count). The molecule has 1 aliphatic carbocycles. The Bertz CT molecular complexity index is 2240. The number of anilines is 3. The Morgan fingerprint density at radius 2 is 1.62 bits per heavy atom. The molecule has 0 radical (unpaired) electrons. The van der Waals surface area contributed by atoms with Gasteiger partial charge in [0.1, 0.15) is 23.1 Å². The van der Waals surface area contributed by atoms with Crippen LogP contribution in [0.2, 0.25) is 0 Å². The van der Waals surface area contributed by atoms with Crippen LogP contribution in [0.4, 0.5) is 30.2 Å². The number of allylic oxidation sites excluding steroid dienone is 4. The average molecular weight is 853 g/mol. The lowest BCUT2D eigenvalue weighted by molar-refractivity contribution is -0.114. The number of carbonyl (C=O) groups excluding carboxylic acids is 3. The van der Waals surface area contributed by atoms with E-state index in [4.69, 9.17) is 0 Å². The molecule has 3 aliphatic rings. The number of hydrogen-bond donors (Lipinski definition) is 2. The highest BCUT2D eigenvalue weighted by Crippen LogP contribution is 2.44. The maximum absolute atomic E-state index is 14.4. The van der Waals surface area contributed by atoms with Gasteiger partial charge in [0, 0.05) is 59.4 Å². The van der Waals surface area contributed by atoms with E-state index >= 15 is 0 Å². The van der Waals surface area contributed by atoms with Gasteiger partial charge in [-0.1, -0.05) is 57.1 Å². The summed E-state index contributed by atoms with van der Waals surface area (Å²) in [6, 6.07) is 15.4. The third kappa shape index (κ3) is 11.5. The second-order valence-electron chi connectivity index (χ2n) is 15.9. The number of hydrogen-bond acceptors (Lipinski definition) is 5. The number of thiophene rings is 1. The number of fused-ring (bicyclic) bond motifs is 3. The number of rotatable bonds is 13. The first-order chi connectivity index (χ1) is 29.3. The normalized spacial score (nSPS) is 14.8. The Kier molecular flexibility index (Phi) is 16.4. The summed E-state index contributed by atoms with van der Waals surface area (Å²) in [6.45, 7) is 20.9. The number of para-hydroxylation sites is 1. The topological polar surface area (TPSA) is 81.8 Å². The molecule has 3 aromatic carbocycles. The van der Waals surface area contributed by atoms with Gasteiger partial charge in [-0.25, -0.2) is 13.2 Å². The zero-order valence-electron chi connectivity index (χ0n) is 36.2. The van der Waals surface area contributed by atoms with E-state index in [1.807, 2.05) is 13.8 Å². The second kappa shape index (κ2) is 21.4. The van der Waals surface area contributed by atoms with Crippen LogP contribution in [0.3, 0.4) is 0 Å². The van der Waals surface area contributed by atoms with Crippen LogP contribution in [-0.2, 0) is 11.2 Å². The Morgan fingerprint density at radius 1 is 0.918 bits per heavy atom. The third-order valence-electron chi connectivity index (χ3n) is 11.5. The van der Waals surface area contributed by atoms with Gasteiger partial charge >= 0.3 is 0 Å². The fraction of sp³-hybridized carbons (Fsp3) is 0.380. The predicted octanol–water partition coefficient (Wildman–Crippen LogP) is 13.1. The molecular weight excluding hydrogens is 794 g/mol. The van der Waals surface area contributed by atoms with Gasteiger partial charge < -0.3 is 20.4 Å². The van der Waals surface area contributed by atoms with Crippen molar-refractivity contribution in [2.75, 3.05) is 35.2 Å². The van der Waals surface area contributed by atoms with Crippen molar-refractivity contribution < 1.29 is 27.6 Å². The van der Waals surface area contributed by atoms with E-state index in [0.717, 1.165) is 41.9 Å². The molecule has 0 atom stereocenters. The molecule has 1 fully saturated rings. The van der Waals surface area contributed by atoms with E-state index in [9.17, 15) is 27.6 Å². The lowest BCUT2D eigenvalue weighted by Crippen LogP contribution is -2.55. The van der Waals surface area contributed by atoms with Crippen molar-refractivity contribution in [2.45, 2.75) is 98.8 Å². The van der Waals surface area contributed by atoms with Crippen molar-refractivity contribution in [3.8, 4) is 10.4 Å². The molecule has 2 aliphatic heterocycles. The van der Waals surface area contributed by atoms with Gasteiger partial charge in [-0.15, -0.1) is 17.9 Å². The molecule has 61 heavy (non-hydrogen) atoms. The molecule has 7 nitrogen and oxygen atoms in total. The molecule has 4 aromatic rings. The quantitative estimate of drug-likeness (QED) is 0.131. The van der Waals surface area contributed by atoms with Gasteiger partial charge in [0.2, 0.25) is 5.91 Å². The van der Waals surface area contributed by atoms with E-state index < -0.39 is 29.0 Å². The van der Waals surface area contributed by atoms with Crippen LogP contribution < -0.4 is 15.5 Å². The van der Waals surface area contributed by atoms with Gasteiger partial charge in [-0.2, -0.15) is 0 Å². The van der Waals surface area contributed by atoms with Crippen molar-refractivity contribution in [3.63, 3.8) is 0 Å². The van der Waals surface area contributed by atoms with E-state index in [2.05, 4.69) is 48.6 Å². The Balaban J connectivity index is 0.000000259. The molecule has 1 aromatic heterocycles. The molecule has 2 N–H and O–H groups in total. The van der Waals surface area contributed by atoms with Crippen molar-refractivity contribution in [3.05, 3.63) is 136 Å². The molecule has 3 amide bonds. The molecular formula is C50H59F3N4O3S. The minimum Gasteiger partial charge on any atom is -0.374 e. The monoisotopic (exact) mass is 852 g/mol. The van der Waals surface area contributed by atoms with Crippen molar-refractivity contribution in [1.82, 2.24) is 4.90 Å². The van der Waals surface area contributed by atoms with Gasteiger partial charge in [-0.3, -0.25) is 14.4 Å². The summed E-state index contributed by atoms with van der Waals surface area (Å²) in [4.78, 5) is 42.5. The third-order valence-corrected chi connectivity index (χ3v) is 12.7. The number of benzene rings is 3. The molecule has 0 spiro atoms. The van der Waals surface area contributed by atoms with E-state index in [1.165, 1.54) is 93.8 Å². The molecule has 0 bridgehead atoms.